The van der Waals surface area contributed by atoms with Gasteiger partial charge in [-0.15, -0.1) is 0 Å². The van der Waals surface area contributed by atoms with Crippen LogP contribution in [-0.2, 0) is 11.3 Å². The van der Waals surface area contributed by atoms with E-state index in [0.29, 0.717) is 13.2 Å². The number of ether oxygens (including phenoxy) is 1. The lowest BCUT2D eigenvalue weighted by molar-refractivity contribution is -0.124. The summed E-state index contributed by atoms with van der Waals surface area (Å²) in [5.41, 5.74) is 1.75. The van der Waals surface area contributed by atoms with Crippen LogP contribution >= 0.6 is 12.2 Å². The molecule has 152 valence electrons. The summed E-state index contributed by atoms with van der Waals surface area (Å²) >= 11 is 5.61. The Bertz CT molecular complexity index is 864. The quantitative estimate of drug-likeness (QED) is 0.756. The Morgan fingerprint density at radius 1 is 1.14 bits per heavy atom. The van der Waals surface area contributed by atoms with E-state index in [4.69, 9.17) is 17.0 Å². The van der Waals surface area contributed by atoms with E-state index < -0.39 is 5.54 Å². The highest BCUT2D eigenvalue weighted by atomic mass is 32.1. The molecule has 2 aliphatic heterocycles. The molecule has 1 amide bonds. The van der Waals surface area contributed by atoms with Crippen molar-refractivity contribution in [3.8, 4) is 5.75 Å². The molecule has 2 aromatic rings. The molecule has 2 N–H and O–H groups in total. The van der Waals surface area contributed by atoms with Gasteiger partial charge in [0.1, 0.15) is 11.3 Å². The van der Waals surface area contributed by atoms with Crippen LogP contribution in [0, 0.1) is 0 Å². The summed E-state index contributed by atoms with van der Waals surface area (Å²) < 4.78 is 5.19. The molecule has 0 aliphatic carbocycles. The fourth-order valence-electron chi connectivity index (χ4n) is 4.15. The Balaban J connectivity index is 1.36. The van der Waals surface area contributed by atoms with E-state index in [9.17, 15) is 4.79 Å². The van der Waals surface area contributed by atoms with Crippen molar-refractivity contribution in [1.82, 2.24) is 15.5 Å². The highest BCUT2D eigenvalue weighted by Gasteiger charge is 2.50. The van der Waals surface area contributed by atoms with Gasteiger partial charge in [-0.3, -0.25) is 4.79 Å². The first-order chi connectivity index (χ1) is 14.1. The second kappa shape index (κ2) is 8.29. The van der Waals surface area contributed by atoms with Crippen molar-refractivity contribution in [1.29, 1.82) is 0 Å². The number of nitrogens with zero attached hydrogens (tertiary/aromatic N) is 2. The van der Waals surface area contributed by atoms with Gasteiger partial charge < -0.3 is 25.2 Å². The van der Waals surface area contributed by atoms with Crippen LogP contribution in [0.5, 0.6) is 5.75 Å². The molecule has 0 unspecified atom stereocenters. The number of carbonyl (C=O) groups excluding carboxylic acids is 1. The molecule has 0 atom stereocenters. The van der Waals surface area contributed by atoms with Crippen LogP contribution in [0.4, 0.5) is 5.69 Å². The smallest absolute Gasteiger partial charge is 0.247 e. The van der Waals surface area contributed by atoms with Gasteiger partial charge in [0.2, 0.25) is 5.91 Å². The lowest BCUT2D eigenvalue weighted by Crippen LogP contribution is -2.58. The molecule has 7 heteroatoms. The zero-order valence-corrected chi connectivity index (χ0v) is 17.4. The van der Waals surface area contributed by atoms with E-state index in [0.717, 1.165) is 48.0 Å². The number of likely N-dealkylation sites (tertiary alicyclic amines) is 1. The molecule has 2 aromatic carbocycles. The molecular formula is C22H26N4O2S. The zero-order chi connectivity index (χ0) is 20.3. The number of rotatable bonds is 4. The van der Waals surface area contributed by atoms with Gasteiger partial charge in [-0.05, 0) is 54.9 Å². The van der Waals surface area contributed by atoms with E-state index in [1.54, 1.807) is 7.11 Å². The SMILES string of the molecule is COc1ccc(CNC(=S)N2CCC3(CC2)C(=O)NCN3c2ccccc2)cc1. The highest BCUT2D eigenvalue weighted by molar-refractivity contribution is 7.80. The van der Waals surface area contributed by atoms with Crippen molar-refractivity contribution < 1.29 is 9.53 Å². The molecule has 2 heterocycles. The van der Waals surface area contributed by atoms with Crippen molar-refractivity contribution in [2.45, 2.75) is 24.9 Å². The maximum atomic E-state index is 12.7. The van der Waals surface area contributed by atoms with Gasteiger partial charge in [-0.1, -0.05) is 30.3 Å². The number of para-hydroxylation sites is 1. The fourth-order valence-corrected chi connectivity index (χ4v) is 4.40. The van der Waals surface area contributed by atoms with Crippen LogP contribution in [0.15, 0.2) is 54.6 Å². The molecule has 0 saturated carbocycles. The van der Waals surface area contributed by atoms with Crippen LogP contribution in [0.25, 0.3) is 0 Å². The molecule has 6 nitrogen and oxygen atoms in total. The third-order valence-corrected chi connectivity index (χ3v) is 6.29. The van der Waals surface area contributed by atoms with E-state index >= 15 is 0 Å². The van der Waals surface area contributed by atoms with Crippen molar-refractivity contribution in [3.63, 3.8) is 0 Å². The molecule has 0 radical (unpaired) electrons. The Labute approximate surface area is 176 Å². The van der Waals surface area contributed by atoms with Gasteiger partial charge in [0, 0.05) is 25.3 Å². The van der Waals surface area contributed by atoms with Crippen LogP contribution in [0.1, 0.15) is 18.4 Å². The number of hydrogen-bond donors (Lipinski definition) is 2. The standard InChI is InChI=1S/C22H26N4O2S/c1-28-19-9-7-17(8-10-19)15-23-21(29)25-13-11-22(12-14-25)20(27)24-16-26(22)18-5-3-2-4-6-18/h2-10H,11-16H2,1H3,(H,23,29)(H,24,27). The van der Waals surface area contributed by atoms with E-state index in [2.05, 4.69) is 32.6 Å². The zero-order valence-electron chi connectivity index (χ0n) is 16.6. The molecule has 29 heavy (non-hydrogen) atoms. The first-order valence-electron chi connectivity index (χ1n) is 9.89. The predicted octanol–water partition coefficient (Wildman–Crippen LogP) is 2.50. The molecule has 0 aromatic heterocycles. The van der Waals surface area contributed by atoms with Gasteiger partial charge in [-0.2, -0.15) is 0 Å². The lowest BCUT2D eigenvalue weighted by atomic mass is 9.86. The van der Waals surface area contributed by atoms with E-state index in [-0.39, 0.29) is 5.91 Å². The van der Waals surface area contributed by atoms with Gasteiger partial charge >= 0.3 is 0 Å². The van der Waals surface area contributed by atoms with Crippen molar-refractivity contribution in [2.75, 3.05) is 31.8 Å². The molecule has 4 rings (SSSR count). The average molecular weight is 411 g/mol. The highest BCUT2D eigenvalue weighted by Crippen LogP contribution is 2.36. The minimum atomic E-state index is -0.483. The Morgan fingerprint density at radius 2 is 1.83 bits per heavy atom. The first kappa shape index (κ1) is 19.5. The van der Waals surface area contributed by atoms with Gasteiger partial charge in [0.05, 0.1) is 13.8 Å². The third-order valence-electron chi connectivity index (χ3n) is 5.89. The number of thiocarbonyl (C=S) groups is 1. The molecule has 1 spiro atoms. The van der Waals surface area contributed by atoms with Gasteiger partial charge in [-0.25, -0.2) is 0 Å². The second-order valence-electron chi connectivity index (χ2n) is 7.45. The van der Waals surface area contributed by atoms with Crippen molar-refractivity contribution in [3.05, 3.63) is 60.2 Å². The van der Waals surface area contributed by atoms with Crippen LogP contribution in [0.2, 0.25) is 0 Å². The topological polar surface area (TPSA) is 56.8 Å². The van der Waals surface area contributed by atoms with Crippen molar-refractivity contribution >= 4 is 28.9 Å². The van der Waals surface area contributed by atoms with Gasteiger partial charge in [0.25, 0.3) is 0 Å². The summed E-state index contributed by atoms with van der Waals surface area (Å²) in [6, 6.07) is 18.1. The Kier molecular flexibility index (Phi) is 5.58. The molecule has 2 saturated heterocycles. The predicted molar refractivity (Wildman–Crippen MR) is 118 cm³/mol. The van der Waals surface area contributed by atoms with Crippen LogP contribution in [-0.4, -0.2) is 48.3 Å². The summed E-state index contributed by atoms with van der Waals surface area (Å²) in [4.78, 5) is 17.1. The summed E-state index contributed by atoms with van der Waals surface area (Å²) in [6.45, 7) is 2.74. The fraction of sp³-hybridized carbons (Fsp3) is 0.364. The number of anilines is 1. The van der Waals surface area contributed by atoms with Gasteiger partial charge in [0.15, 0.2) is 5.11 Å². The number of benzene rings is 2. The largest absolute Gasteiger partial charge is 0.497 e. The number of amides is 1. The van der Waals surface area contributed by atoms with Crippen molar-refractivity contribution in [2.24, 2.45) is 0 Å². The lowest BCUT2D eigenvalue weighted by Gasteiger charge is -2.44. The molecule has 2 aliphatic rings. The summed E-state index contributed by atoms with van der Waals surface area (Å²) in [7, 11) is 1.66. The maximum Gasteiger partial charge on any atom is 0.247 e. The van der Waals surface area contributed by atoms with E-state index in [1.165, 1.54) is 0 Å². The first-order valence-corrected chi connectivity index (χ1v) is 10.3. The summed E-state index contributed by atoms with van der Waals surface area (Å²) in [5.74, 6) is 0.966. The minimum absolute atomic E-state index is 0.123. The summed E-state index contributed by atoms with van der Waals surface area (Å²) in [5, 5.41) is 7.12. The number of hydrogen-bond acceptors (Lipinski definition) is 4. The Hall–Kier alpha value is -2.80. The molecule has 2 fully saturated rings. The van der Waals surface area contributed by atoms with Crippen LogP contribution < -0.4 is 20.3 Å². The number of piperidine rings is 1. The number of nitrogens with one attached hydrogen (secondary N) is 2. The third kappa shape index (κ3) is 3.87. The van der Waals surface area contributed by atoms with E-state index in [1.807, 2.05) is 42.5 Å². The second-order valence-corrected chi connectivity index (χ2v) is 7.84. The Morgan fingerprint density at radius 3 is 2.48 bits per heavy atom. The minimum Gasteiger partial charge on any atom is -0.497 e. The number of methoxy groups -OCH3 is 1. The number of carbonyl (C=O) groups is 1. The molecular weight excluding hydrogens is 384 g/mol. The maximum absolute atomic E-state index is 12.7. The average Bonchev–Trinajstić information content (AvgIpc) is 3.09. The normalized spacial score (nSPS) is 17.9. The summed E-state index contributed by atoms with van der Waals surface area (Å²) in [6.07, 6.45) is 1.50. The molecule has 0 bridgehead atoms. The monoisotopic (exact) mass is 410 g/mol. The van der Waals surface area contributed by atoms with Crippen LogP contribution in [0.3, 0.4) is 0 Å².